The van der Waals surface area contributed by atoms with Gasteiger partial charge in [-0.1, -0.05) is 6.92 Å². The van der Waals surface area contributed by atoms with Gasteiger partial charge in [-0.3, -0.25) is 0 Å². The fourth-order valence-corrected chi connectivity index (χ4v) is 1.44. The van der Waals surface area contributed by atoms with Crippen molar-refractivity contribution in [2.45, 2.75) is 13.5 Å². The summed E-state index contributed by atoms with van der Waals surface area (Å²) in [4.78, 5) is 4.23. The van der Waals surface area contributed by atoms with Gasteiger partial charge in [0.15, 0.2) is 11.6 Å². The van der Waals surface area contributed by atoms with Gasteiger partial charge in [0.2, 0.25) is 0 Å². The highest BCUT2D eigenvalue weighted by Crippen LogP contribution is 2.19. The predicted molar refractivity (Wildman–Crippen MR) is 58.3 cm³/mol. The quantitative estimate of drug-likeness (QED) is 0.827. The molecule has 4 heteroatoms. The first-order valence-corrected chi connectivity index (χ1v) is 5.08. The molecule has 1 N–H and O–H groups in total. The molecule has 0 radical (unpaired) electrons. The van der Waals surface area contributed by atoms with E-state index in [9.17, 15) is 0 Å². The molecular weight excluding hydrogens is 190 g/mol. The van der Waals surface area contributed by atoms with Crippen LogP contribution in [0.15, 0.2) is 28.9 Å². The summed E-state index contributed by atoms with van der Waals surface area (Å²) in [6, 6.07) is 3.93. The van der Waals surface area contributed by atoms with E-state index in [1.807, 2.05) is 29.9 Å². The first-order valence-electron chi connectivity index (χ1n) is 5.08. The Morgan fingerprint density at radius 3 is 3.00 bits per heavy atom. The molecule has 0 unspecified atom stereocenters. The second-order valence-corrected chi connectivity index (χ2v) is 3.41. The third-order valence-electron chi connectivity index (χ3n) is 2.25. The summed E-state index contributed by atoms with van der Waals surface area (Å²) in [6.07, 6.45) is 3.67. The lowest BCUT2D eigenvalue weighted by molar-refractivity contribution is 0.494. The molecule has 0 atom stereocenters. The summed E-state index contributed by atoms with van der Waals surface area (Å²) in [5.41, 5.74) is 0. The first kappa shape index (κ1) is 9.98. The standard InChI is InChI=1S/C11H15N3O/c1-3-12-8-9-4-5-10(15-9)11-13-6-7-14(11)2/h4-7,12H,3,8H2,1-2H3. The normalized spacial score (nSPS) is 10.8. The van der Waals surface area contributed by atoms with Crippen LogP contribution in [0.2, 0.25) is 0 Å². The van der Waals surface area contributed by atoms with Crippen molar-refractivity contribution in [3.63, 3.8) is 0 Å². The van der Waals surface area contributed by atoms with E-state index in [-0.39, 0.29) is 0 Å². The van der Waals surface area contributed by atoms with Crippen molar-refractivity contribution in [2.24, 2.45) is 7.05 Å². The fourth-order valence-electron chi connectivity index (χ4n) is 1.44. The molecule has 2 rings (SSSR count). The van der Waals surface area contributed by atoms with E-state index in [0.717, 1.165) is 30.4 Å². The molecule has 0 saturated heterocycles. The predicted octanol–water partition coefficient (Wildman–Crippen LogP) is 1.79. The van der Waals surface area contributed by atoms with Crippen molar-refractivity contribution >= 4 is 0 Å². The number of aromatic nitrogens is 2. The molecule has 0 aliphatic carbocycles. The second-order valence-electron chi connectivity index (χ2n) is 3.41. The largest absolute Gasteiger partial charge is 0.456 e. The van der Waals surface area contributed by atoms with E-state index in [1.54, 1.807) is 6.20 Å². The molecule has 0 aliphatic rings. The molecule has 0 aliphatic heterocycles. The van der Waals surface area contributed by atoms with Crippen LogP contribution in [0.25, 0.3) is 11.6 Å². The average molecular weight is 205 g/mol. The Balaban J connectivity index is 2.17. The maximum atomic E-state index is 5.67. The maximum absolute atomic E-state index is 5.67. The first-order chi connectivity index (χ1) is 7.31. The number of aryl methyl sites for hydroxylation is 1. The van der Waals surface area contributed by atoms with Crippen LogP contribution in [0, 0.1) is 0 Å². The van der Waals surface area contributed by atoms with Gasteiger partial charge < -0.3 is 14.3 Å². The van der Waals surface area contributed by atoms with Gasteiger partial charge in [0.1, 0.15) is 5.76 Å². The number of furan rings is 1. The topological polar surface area (TPSA) is 43.0 Å². The summed E-state index contributed by atoms with van der Waals surface area (Å²) in [5.74, 6) is 2.61. The zero-order valence-corrected chi connectivity index (χ0v) is 9.03. The van der Waals surface area contributed by atoms with Crippen LogP contribution in [0.4, 0.5) is 0 Å². The molecule has 0 aromatic carbocycles. The van der Waals surface area contributed by atoms with Crippen LogP contribution < -0.4 is 5.32 Å². The minimum atomic E-state index is 0.765. The number of hydrogen-bond donors (Lipinski definition) is 1. The van der Waals surface area contributed by atoms with Gasteiger partial charge in [0.05, 0.1) is 6.54 Å². The van der Waals surface area contributed by atoms with Gasteiger partial charge in [-0.05, 0) is 18.7 Å². The van der Waals surface area contributed by atoms with Crippen molar-refractivity contribution in [3.8, 4) is 11.6 Å². The van der Waals surface area contributed by atoms with Crippen LogP contribution >= 0.6 is 0 Å². The lowest BCUT2D eigenvalue weighted by Gasteiger charge is -1.98. The minimum Gasteiger partial charge on any atom is -0.456 e. The van der Waals surface area contributed by atoms with Crippen molar-refractivity contribution in [1.82, 2.24) is 14.9 Å². The van der Waals surface area contributed by atoms with Crippen molar-refractivity contribution in [1.29, 1.82) is 0 Å². The monoisotopic (exact) mass is 205 g/mol. The van der Waals surface area contributed by atoms with Crippen molar-refractivity contribution in [3.05, 3.63) is 30.3 Å². The Morgan fingerprint density at radius 2 is 2.33 bits per heavy atom. The van der Waals surface area contributed by atoms with Crippen LogP contribution in [0.5, 0.6) is 0 Å². The Bertz CT molecular complexity index is 430. The number of imidazole rings is 1. The lowest BCUT2D eigenvalue weighted by Crippen LogP contribution is -2.10. The summed E-state index contributed by atoms with van der Waals surface area (Å²) in [5, 5.41) is 3.22. The summed E-state index contributed by atoms with van der Waals surface area (Å²) < 4.78 is 7.61. The van der Waals surface area contributed by atoms with Crippen molar-refractivity contribution < 1.29 is 4.42 Å². The molecule has 0 bridgehead atoms. The number of nitrogens with one attached hydrogen (secondary N) is 1. The third kappa shape index (κ3) is 2.10. The van der Waals surface area contributed by atoms with Gasteiger partial charge in [-0.25, -0.2) is 4.98 Å². The van der Waals surface area contributed by atoms with Crippen LogP contribution in [-0.4, -0.2) is 16.1 Å². The molecule has 2 aromatic rings. The molecule has 0 saturated carbocycles. The molecule has 2 aromatic heterocycles. The van der Waals surface area contributed by atoms with E-state index in [1.165, 1.54) is 0 Å². The van der Waals surface area contributed by atoms with E-state index < -0.39 is 0 Å². The van der Waals surface area contributed by atoms with E-state index in [0.29, 0.717) is 0 Å². The zero-order chi connectivity index (χ0) is 10.7. The Labute approximate surface area is 88.9 Å². The molecule has 2 heterocycles. The summed E-state index contributed by atoms with van der Waals surface area (Å²) in [6.45, 7) is 3.78. The highest BCUT2D eigenvalue weighted by molar-refractivity contribution is 5.47. The molecule has 15 heavy (non-hydrogen) atoms. The highest BCUT2D eigenvalue weighted by Gasteiger charge is 2.08. The lowest BCUT2D eigenvalue weighted by atomic mass is 10.4. The number of hydrogen-bond acceptors (Lipinski definition) is 3. The van der Waals surface area contributed by atoms with Crippen LogP contribution in [0.1, 0.15) is 12.7 Å². The van der Waals surface area contributed by atoms with Gasteiger partial charge in [-0.2, -0.15) is 0 Å². The van der Waals surface area contributed by atoms with E-state index in [2.05, 4.69) is 17.2 Å². The third-order valence-corrected chi connectivity index (χ3v) is 2.25. The van der Waals surface area contributed by atoms with Gasteiger partial charge in [0, 0.05) is 19.4 Å². The molecule has 0 spiro atoms. The van der Waals surface area contributed by atoms with Crippen LogP contribution in [0.3, 0.4) is 0 Å². The van der Waals surface area contributed by atoms with Gasteiger partial charge >= 0.3 is 0 Å². The number of nitrogens with zero attached hydrogens (tertiary/aromatic N) is 2. The fraction of sp³-hybridized carbons (Fsp3) is 0.364. The minimum absolute atomic E-state index is 0.765. The van der Waals surface area contributed by atoms with Crippen molar-refractivity contribution in [2.75, 3.05) is 6.54 Å². The Morgan fingerprint density at radius 1 is 1.47 bits per heavy atom. The molecular formula is C11H15N3O. The second kappa shape index (κ2) is 4.31. The molecule has 0 amide bonds. The summed E-state index contributed by atoms with van der Waals surface area (Å²) >= 11 is 0. The summed E-state index contributed by atoms with van der Waals surface area (Å²) in [7, 11) is 1.95. The number of rotatable bonds is 4. The van der Waals surface area contributed by atoms with Crippen LogP contribution in [-0.2, 0) is 13.6 Å². The average Bonchev–Trinajstić information content (AvgIpc) is 2.83. The Kier molecular flexibility index (Phi) is 2.87. The smallest absolute Gasteiger partial charge is 0.175 e. The molecule has 80 valence electrons. The zero-order valence-electron chi connectivity index (χ0n) is 9.03. The highest BCUT2D eigenvalue weighted by atomic mass is 16.3. The molecule has 0 fully saturated rings. The van der Waals surface area contributed by atoms with Gasteiger partial charge in [-0.15, -0.1) is 0 Å². The van der Waals surface area contributed by atoms with E-state index in [4.69, 9.17) is 4.42 Å². The Hall–Kier alpha value is -1.55. The maximum Gasteiger partial charge on any atom is 0.175 e. The van der Waals surface area contributed by atoms with Gasteiger partial charge in [0.25, 0.3) is 0 Å². The SMILES string of the molecule is CCNCc1ccc(-c2nccn2C)o1. The van der Waals surface area contributed by atoms with E-state index >= 15 is 0 Å². The molecule has 4 nitrogen and oxygen atoms in total.